The van der Waals surface area contributed by atoms with Crippen molar-refractivity contribution in [1.29, 1.82) is 0 Å². The van der Waals surface area contributed by atoms with Crippen molar-refractivity contribution in [3.05, 3.63) is 70.9 Å². The normalized spacial score (nSPS) is 10.3. The number of hydrogen-bond acceptors (Lipinski definition) is 6. The van der Waals surface area contributed by atoms with Gasteiger partial charge in [0.2, 0.25) is 5.95 Å². The highest BCUT2D eigenvalue weighted by molar-refractivity contribution is 6.33. The lowest BCUT2D eigenvalue weighted by atomic mass is 10.1. The van der Waals surface area contributed by atoms with Crippen molar-refractivity contribution < 1.29 is 14.7 Å². The zero-order valence-electron chi connectivity index (χ0n) is 15.4. The molecule has 0 unspecified atom stereocenters. The molecule has 29 heavy (non-hydrogen) atoms. The highest BCUT2D eigenvalue weighted by atomic mass is 35.5. The number of carboxylic acid groups (broad SMARTS) is 1. The van der Waals surface area contributed by atoms with Gasteiger partial charge in [0.1, 0.15) is 5.02 Å². The topological polar surface area (TPSA) is 116 Å². The van der Waals surface area contributed by atoms with E-state index in [1.807, 2.05) is 0 Å². The first kappa shape index (κ1) is 20.1. The van der Waals surface area contributed by atoms with Gasteiger partial charge in [0.25, 0.3) is 5.91 Å². The summed E-state index contributed by atoms with van der Waals surface area (Å²) in [5, 5.41) is 17.8. The predicted molar refractivity (Wildman–Crippen MR) is 111 cm³/mol. The van der Waals surface area contributed by atoms with Gasteiger partial charge in [-0.25, -0.2) is 4.98 Å². The maximum Gasteiger partial charge on any atom is 0.307 e. The number of rotatable bonds is 7. The number of benzene rings is 2. The number of para-hydroxylation sites is 1. The van der Waals surface area contributed by atoms with Crippen LogP contribution in [0.25, 0.3) is 0 Å². The van der Waals surface area contributed by atoms with Crippen LogP contribution >= 0.6 is 11.6 Å². The molecule has 8 nitrogen and oxygen atoms in total. The minimum Gasteiger partial charge on any atom is -0.481 e. The molecule has 0 saturated carbocycles. The minimum absolute atomic E-state index is 0.0451. The average Bonchev–Trinajstić information content (AvgIpc) is 2.71. The first-order valence-electron chi connectivity index (χ1n) is 8.64. The number of carboxylic acids is 1. The second-order valence-corrected chi connectivity index (χ2v) is 6.44. The zero-order valence-corrected chi connectivity index (χ0v) is 16.2. The van der Waals surface area contributed by atoms with E-state index in [-0.39, 0.29) is 12.3 Å². The van der Waals surface area contributed by atoms with Gasteiger partial charge in [-0.3, -0.25) is 9.59 Å². The number of anilines is 4. The Hall–Kier alpha value is -3.65. The lowest BCUT2D eigenvalue weighted by molar-refractivity contribution is -0.136. The van der Waals surface area contributed by atoms with Gasteiger partial charge in [-0.15, -0.1) is 0 Å². The Morgan fingerprint density at radius 3 is 2.48 bits per heavy atom. The summed E-state index contributed by atoms with van der Waals surface area (Å²) in [6.45, 7) is 0. The number of aromatic nitrogens is 2. The smallest absolute Gasteiger partial charge is 0.307 e. The summed E-state index contributed by atoms with van der Waals surface area (Å²) in [7, 11) is 1.56. The van der Waals surface area contributed by atoms with Crippen molar-refractivity contribution >= 4 is 46.6 Å². The van der Waals surface area contributed by atoms with Gasteiger partial charge in [0.15, 0.2) is 5.82 Å². The lowest BCUT2D eigenvalue weighted by Gasteiger charge is -2.13. The standard InChI is InChI=1S/C20H18ClN5O3/c1-22-19(29)14-4-2-3-5-16(14)25-18-15(21)11-23-20(26-18)24-13-8-6-12(7-9-13)10-17(27)28/h2-9,11H,10H2,1H3,(H,22,29)(H,27,28)(H2,23,24,25,26). The first-order chi connectivity index (χ1) is 14.0. The molecular weight excluding hydrogens is 394 g/mol. The van der Waals surface area contributed by atoms with E-state index >= 15 is 0 Å². The van der Waals surface area contributed by atoms with Crippen LogP contribution in [0.3, 0.4) is 0 Å². The van der Waals surface area contributed by atoms with Crippen LogP contribution in [0.2, 0.25) is 5.02 Å². The summed E-state index contributed by atoms with van der Waals surface area (Å²) in [6, 6.07) is 13.9. The number of aliphatic carboxylic acids is 1. The minimum atomic E-state index is -0.889. The van der Waals surface area contributed by atoms with E-state index < -0.39 is 5.97 Å². The Morgan fingerprint density at radius 2 is 1.79 bits per heavy atom. The predicted octanol–water partition coefficient (Wildman–Crippen LogP) is 3.60. The molecule has 0 saturated heterocycles. The van der Waals surface area contributed by atoms with E-state index in [1.165, 1.54) is 6.20 Å². The van der Waals surface area contributed by atoms with Gasteiger partial charge in [-0.05, 0) is 29.8 Å². The van der Waals surface area contributed by atoms with E-state index in [0.717, 1.165) is 0 Å². The third kappa shape index (κ3) is 5.20. The summed E-state index contributed by atoms with van der Waals surface area (Å²) < 4.78 is 0. The van der Waals surface area contributed by atoms with E-state index in [2.05, 4.69) is 25.9 Å². The molecule has 4 N–H and O–H groups in total. The van der Waals surface area contributed by atoms with Crippen LogP contribution in [-0.2, 0) is 11.2 Å². The van der Waals surface area contributed by atoms with Gasteiger partial charge in [0, 0.05) is 12.7 Å². The Bertz CT molecular complexity index is 1040. The molecule has 3 aromatic rings. The molecule has 1 amide bonds. The van der Waals surface area contributed by atoms with E-state index in [0.29, 0.717) is 39.3 Å². The Morgan fingerprint density at radius 1 is 1.07 bits per heavy atom. The number of halogens is 1. The summed E-state index contributed by atoms with van der Waals surface area (Å²) in [5.74, 6) is -0.499. The lowest BCUT2D eigenvalue weighted by Crippen LogP contribution is -2.19. The molecule has 9 heteroatoms. The van der Waals surface area contributed by atoms with E-state index in [9.17, 15) is 9.59 Å². The number of nitrogens with one attached hydrogen (secondary N) is 3. The molecule has 1 heterocycles. The molecule has 2 aromatic carbocycles. The van der Waals surface area contributed by atoms with Crippen LogP contribution in [0, 0.1) is 0 Å². The zero-order chi connectivity index (χ0) is 20.8. The quantitative estimate of drug-likeness (QED) is 0.469. The van der Waals surface area contributed by atoms with Crippen LogP contribution in [0.15, 0.2) is 54.7 Å². The Labute approximate surface area is 172 Å². The first-order valence-corrected chi connectivity index (χ1v) is 9.02. The largest absolute Gasteiger partial charge is 0.481 e. The molecular formula is C20H18ClN5O3. The van der Waals surface area contributed by atoms with Crippen LogP contribution in [0.1, 0.15) is 15.9 Å². The number of nitrogens with zero attached hydrogens (tertiary/aromatic N) is 2. The second-order valence-electron chi connectivity index (χ2n) is 6.03. The van der Waals surface area contributed by atoms with Crippen molar-refractivity contribution in [2.75, 3.05) is 17.7 Å². The summed E-state index contributed by atoms with van der Waals surface area (Å²) in [5.41, 5.74) is 2.39. The Balaban J connectivity index is 1.80. The van der Waals surface area contributed by atoms with Crippen molar-refractivity contribution in [1.82, 2.24) is 15.3 Å². The van der Waals surface area contributed by atoms with Crippen LogP contribution in [-0.4, -0.2) is 34.0 Å². The summed E-state index contributed by atoms with van der Waals surface area (Å²) >= 11 is 6.21. The molecule has 0 fully saturated rings. The molecule has 0 aliphatic carbocycles. The fourth-order valence-electron chi connectivity index (χ4n) is 2.58. The molecule has 0 atom stereocenters. The van der Waals surface area contributed by atoms with Crippen LogP contribution in [0.5, 0.6) is 0 Å². The molecule has 3 rings (SSSR count). The number of carbonyl (C=O) groups is 2. The second kappa shape index (κ2) is 9.03. The molecule has 148 valence electrons. The van der Waals surface area contributed by atoms with Gasteiger partial charge in [-0.1, -0.05) is 35.9 Å². The highest BCUT2D eigenvalue weighted by Gasteiger charge is 2.12. The maximum absolute atomic E-state index is 12.0. The summed E-state index contributed by atoms with van der Waals surface area (Å²) in [4.78, 5) is 31.3. The fourth-order valence-corrected chi connectivity index (χ4v) is 2.72. The van der Waals surface area contributed by atoms with E-state index in [1.54, 1.807) is 55.6 Å². The van der Waals surface area contributed by atoms with Crippen LogP contribution < -0.4 is 16.0 Å². The summed E-state index contributed by atoms with van der Waals surface area (Å²) in [6.07, 6.45) is 1.40. The molecule has 0 radical (unpaired) electrons. The van der Waals surface area contributed by atoms with Gasteiger partial charge < -0.3 is 21.1 Å². The van der Waals surface area contributed by atoms with E-state index in [4.69, 9.17) is 16.7 Å². The van der Waals surface area contributed by atoms with Crippen LogP contribution in [0.4, 0.5) is 23.1 Å². The molecule has 0 spiro atoms. The average molecular weight is 412 g/mol. The Kier molecular flexibility index (Phi) is 6.25. The number of hydrogen-bond donors (Lipinski definition) is 4. The number of amides is 1. The van der Waals surface area contributed by atoms with Gasteiger partial charge >= 0.3 is 5.97 Å². The maximum atomic E-state index is 12.0. The third-order valence-corrected chi connectivity index (χ3v) is 4.24. The molecule has 0 aliphatic heterocycles. The fraction of sp³-hybridized carbons (Fsp3) is 0.100. The van der Waals surface area contributed by atoms with Crippen molar-refractivity contribution in [3.8, 4) is 0 Å². The highest BCUT2D eigenvalue weighted by Crippen LogP contribution is 2.26. The van der Waals surface area contributed by atoms with Crippen molar-refractivity contribution in [3.63, 3.8) is 0 Å². The third-order valence-electron chi connectivity index (χ3n) is 3.96. The van der Waals surface area contributed by atoms with Crippen molar-refractivity contribution in [2.45, 2.75) is 6.42 Å². The SMILES string of the molecule is CNC(=O)c1ccccc1Nc1nc(Nc2ccc(CC(=O)O)cc2)ncc1Cl. The van der Waals surface area contributed by atoms with Crippen molar-refractivity contribution in [2.24, 2.45) is 0 Å². The van der Waals surface area contributed by atoms with Gasteiger partial charge in [0.05, 0.1) is 23.9 Å². The number of carbonyl (C=O) groups excluding carboxylic acids is 1. The molecule has 1 aromatic heterocycles. The van der Waals surface area contributed by atoms with Gasteiger partial charge in [-0.2, -0.15) is 4.98 Å². The monoisotopic (exact) mass is 411 g/mol. The molecule has 0 bridgehead atoms. The molecule has 0 aliphatic rings.